The van der Waals surface area contributed by atoms with Crippen LogP contribution in [0.25, 0.3) is 188 Å². The van der Waals surface area contributed by atoms with E-state index in [1.807, 2.05) is 115 Å². The highest BCUT2D eigenvalue weighted by Gasteiger charge is 2.23. The van der Waals surface area contributed by atoms with Crippen LogP contribution in [-0.4, -0.2) is 48.9 Å². The van der Waals surface area contributed by atoms with E-state index in [4.69, 9.17) is 22.8 Å². The minimum Gasteiger partial charge on any atom is -0.464 e. The lowest BCUT2D eigenvalue weighted by atomic mass is 10.1. The molecule has 9 aromatic heterocycles. The number of rotatable bonds is 10. The van der Waals surface area contributed by atoms with E-state index in [1.54, 1.807) is 30.1 Å². The number of para-hydroxylation sites is 4. The normalized spacial score (nSPS) is 11.6. The van der Waals surface area contributed by atoms with Crippen LogP contribution in [0, 0.1) is 0 Å². The van der Waals surface area contributed by atoms with E-state index in [0.29, 0.717) is 11.8 Å². The van der Waals surface area contributed by atoms with Gasteiger partial charge in [0.15, 0.2) is 11.6 Å². The molecule has 0 aliphatic rings. The van der Waals surface area contributed by atoms with Gasteiger partial charge in [0, 0.05) is 88.4 Å². The molecular weight excluding hydrogens is 1320 g/mol. The maximum Gasteiger partial charge on any atom is 0.248 e. The number of hydrogen-bond donors (Lipinski definition) is 0. The van der Waals surface area contributed by atoms with Crippen molar-refractivity contribution in [3.05, 3.63) is 340 Å². The molecule has 0 aliphatic heterocycles. The Labute approximate surface area is 602 Å². The quantitative estimate of drug-likeness (QED) is 0.129. The fourth-order valence-corrected chi connectivity index (χ4v) is 15.6. The van der Waals surface area contributed by atoms with Crippen molar-refractivity contribution in [1.29, 1.82) is 0 Å². The lowest BCUT2D eigenvalue weighted by Crippen LogP contribution is -2.01. The van der Waals surface area contributed by atoms with Crippen molar-refractivity contribution < 1.29 is 17.7 Å². The van der Waals surface area contributed by atoms with Crippen LogP contribution in [0.4, 0.5) is 0 Å². The highest BCUT2D eigenvalue weighted by atomic mass is 32.1. The third-order valence-electron chi connectivity index (χ3n) is 19.4. The molecule has 0 N–H and O–H groups in total. The minimum absolute atomic E-state index is 0.491. The van der Waals surface area contributed by atoms with Gasteiger partial charge in [0.1, 0.15) is 26.8 Å². The monoisotopic (exact) mass is 1370 g/mol. The van der Waals surface area contributed by atoms with Crippen molar-refractivity contribution in [1.82, 2.24) is 48.9 Å². The van der Waals surface area contributed by atoms with Crippen LogP contribution in [0.15, 0.2) is 358 Å². The van der Waals surface area contributed by atoms with Gasteiger partial charge in [-0.1, -0.05) is 193 Å². The van der Waals surface area contributed by atoms with Crippen LogP contribution in [0.5, 0.6) is 0 Å². The van der Waals surface area contributed by atoms with Crippen molar-refractivity contribution >= 4 is 110 Å². The molecular formula is C90H56N10O4S. The third-order valence-corrected chi connectivity index (χ3v) is 20.5. The maximum absolute atomic E-state index is 6.00. The van der Waals surface area contributed by atoms with E-state index < -0.39 is 0 Å². The van der Waals surface area contributed by atoms with Gasteiger partial charge >= 0.3 is 0 Å². The van der Waals surface area contributed by atoms with E-state index in [0.717, 1.165) is 171 Å². The van der Waals surface area contributed by atoms with Gasteiger partial charge < -0.3 is 31.4 Å². The summed E-state index contributed by atoms with van der Waals surface area (Å²) < 4.78 is 32.7. The summed E-state index contributed by atoms with van der Waals surface area (Å²) in [6.45, 7) is 0. The molecule has 0 aliphatic carbocycles. The Bertz CT molecular complexity index is 6730. The van der Waals surface area contributed by atoms with E-state index in [1.165, 1.54) is 5.39 Å². The second kappa shape index (κ2) is 25.4. The predicted molar refractivity (Wildman–Crippen MR) is 421 cm³/mol. The highest BCUT2D eigenvalue weighted by molar-refractivity contribution is 7.17. The summed E-state index contributed by atoms with van der Waals surface area (Å²) in [6.07, 6.45) is 5.27. The van der Waals surface area contributed by atoms with Crippen molar-refractivity contribution in [2.24, 2.45) is 0 Å². The molecule has 15 heteroatoms. The molecule has 22 aromatic rings. The molecule has 22 rings (SSSR count). The highest BCUT2D eigenvalue weighted by Crippen LogP contribution is 2.43. The predicted octanol–water partition coefficient (Wildman–Crippen LogP) is 23.4. The zero-order chi connectivity index (χ0) is 69.3. The molecule has 0 saturated carbocycles. The molecule has 0 spiro atoms. The summed E-state index contributed by atoms with van der Waals surface area (Å²) in [6, 6.07) is 110. The molecule has 496 valence electrons. The first-order valence-electron chi connectivity index (χ1n) is 34.4. The zero-order valence-corrected chi connectivity index (χ0v) is 56.7. The van der Waals surface area contributed by atoms with Crippen LogP contribution in [0.3, 0.4) is 0 Å². The van der Waals surface area contributed by atoms with E-state index in [9.17, 15) is 0 Å². The Kier molecular flexibility index (Phi) is 14.7. The molecule has 105 heavy (non-hydrogen) atoms. The van der Waals surface area contributed by atoms with Gasteiger partial charge in [0.05, 0.1) is 68.0 Å². The third kappa shape index (κ3) is 10.5. The average Bonchev–Trinajstić information content (AvgIpc) is 1.59. The summed E-state index contributed by atoms with van der Waals surface area (Å²) in [5.41, 5.74) is 19.5. The number of furan rings is 3. The molecule has 0 fully saturated rings. The van der Waals surface area contributed by atoms with Crippen molar-refractivity contribution in [3.63, 3.8) is 0 Å². The molecule has 14 nitrogen and oxygen atoms in total. The smallest absolute Gasteiger partial charge is 0.248 e. The number of fused-ring (bicyclic) bond motifs is 15. The Morgan fingerprint density at radius 1 is 0.238 bits per heavy atom. The number of benzene rings is 13. The summed E-state index contributed by atoms with van der Waals surface area (Å²) in [4.78, 5) is 0. The summed E-state index contributed by atoms with van der Waals surface area (Å²) in [5, 5.41) is 38.9. The number of aromatic nitrogens is 10. The zero-order valence-electron chi connectivity index (χ0n) is 55.8. The van der Waals surface area contributed by atoms with Gasteiger partial charge in [0.25, 0.3) is 0 Å². The van der Waals surface area contributed by atoms with Crippen molar-refractivity contribution in [3.8, 4) is 89.6 Å². The van der Waals surface area contributed by atoms with E-state index >= 15 is 0 Å². The fourth-order valence-electron chi connectivity index (χ4n) is 14.8. The summed E-state index contributed by atoms with van der Waals surface area (Å²) >= 11 is 1.61. The molecule has 0 bridgehead atoms. The van der Waals surface area contributed by atoms with Gasteiger partial charge in [-0.05, 0) is 140 Å². The van der Waals surface area contributed by atoms with Gasteiger partial charge in [0.2, 0.25) is 11.8 Å². The largest absolute Gasteiger partial charge is 0.464 e. The standard InChI is InChI=1S/C34H22N4O.C28H17N3O2.C28H17N3OS/c1-3-10-24(11-4-1)33-35-36-34(38(33)26-13-5-2-6-14-26)25-12-9-15-27(22-25)37-29-17-8-7-16-28(29)31-30(37)19-18-23-20-21-39-32(23)31;2*1-2-7-19(8-3-1)27-29-30-28(33-27)20-9-6-10-21(17-20)31-23-12-5-4-11-22(23)25-24(31)14-13-18-15-16-32-26(18)25/h1-22H;2*1-17H. The Balaban J connectivity index is 0.000000105. The topological polar surface area (TPSA) is 150 Å². The van der Waals surface area contributed by atoms with Gasteiger partial charge in [-0.3, -0.25) is 4.57 Å². The van der Waals surface area contributed by atoms with Crippen LogP contribution in [0.2, 0.25) is 0 Å². The first-order valence-corrected chi connectivity index (χ1v) is 35.3. The molecule has 0 unspecified atom stereocenters. The number of nitrogens with zero attached hydrogens (tertiary/aromatic N) is 10. The van der Waals surface area contributed by atoms with Gasteiger partial charge in [-0.15, -0.1) is 30.6 Å². The van der Waals surface area contributed by atoms with Crippen LogP contribution >= 0.6 is 11.3 Å². The summed E-state index contributed by atoms with van der Waals surface area (Å²) in [7, 11) is 0. The Morgan fingerprint density at radius 3 is 1.08 bits per heavy atom. The Hall–Kier alpha value is -14.3. The van der Waals surface area contributed by atoms with Crippen molar-refractivity contribution in [2.75, 3.05) is 0 Å². The second-order valence-electron chi connectivity index (χ2n) is 25.5. The molecule has 9 heterocycles. The fraction of sp³-hybridized carbons (Fsp3) is 0. The molecule has 0 saturated heterocycles. The maximum atomic E-state index is 6.00. The molecule has 0 atom stereocenters. The minimum atomic E-state index is 0.491. The van der Waals surface area contributed by atoms with Crippen LogP contribution in [-0.2, 0) is 0 Å². The molecule has 13 aromatic carbocycles. The SMILES string of the molecule is c1ccc(-c2nnc(-c3cccc(-n4c5ccccc5c5c6occc6ccc54)c3)n2-c2ccccc2)cc1.c1ccc(-c2nnc(-c3cccc(-n4c5ccccc5c5c6occc6ccc54)c3)o2)cc1.c1ccc(-c2nnc(-c3cccc(-n4c5ccccc5c5c6occc6ccc54)c3)s2)cc1. The average molecular weight is 1370 g/mol. The Morgan fingerprint density at radius 2 is 0.590 bits per heavy atom. The molecule has 0 amide bonds. The van der Waals surface area contributed by atoms with Crippen molar-refractivity contribution in [2.45, 2.75) is 0 Å². The van der Waals surface area contributed by atoms with Crippen LogP contribution in [0.1, 0.15) is 0 Å². The first kappa shape index (κ1) is 60.7. The van der Waals surface area contributed by atoms with Gasteiger partial charge in [-0.25, -0.2) is 0 Å². The van der Waals surface area contributed by atoms with E-state index in [-0.39, 0.29) is 0 Å². The van der Waals surface area contributed by atoms with E-state index in [2.05, 4.69) is 250 Å². The molecule has 0 radical (unpaired) electrons. The lowest BCUT2D eigenvalue weighted by molar-refractivity contribution is 0.584. The summed E-state index contributed by atoms with van der Waals surface area (Å²) in [5.74, 6) is 2.59. The second-order valence-corrected chi connectivity index (χ2v) is 26.5. The van der Waals surface area contributed by atoms with Gasteiger partial charge in [-0.2, -0.15) is 0 Å². The first-order chi connectivity index (χ1) is 52.1. The lowest BCUT2D eigenvalue weighted by Gasteiger charge is -2.13. The number of hydrogen-bond acceptors (Lipinski definition) is 11. The van der Waals surface area contributed by atoms with Crippen LogP contribution < -0.4 is 0 Å².